The van der Waals surface area contributed by atoms with Crippen LogP contribution in [-0.4, -0.2) is 25.7 Å². The summed E-state index contributed by atoms with van der Waals surface area (Å²) in [5, 5.41) is 16.2. The molecular weight excluding hydrogens is 370 g/mol. The van der Waals surface area contributed by atoms with Crippen LogP contribution in [0.25, 0.3) is 22.5 Å². The van der Waals surface area contributed by atoms with Crippen molar-refractivity contribution >= 4 is 34.7 Å². The number of nitrogens with zero attached hydrogens (tertiary/aromatic N) is 3. The summed E-state index contributed by atoms with van der Waals surface area (Å²) in [7, 11) is 0. The molecule has 0 bridgehead atoms. The van der Waals surface area contributed by atoms with E-state index in [1.54, 1.807) is 6.07 Å². The Morgan fingerprint density at radius 3 is 2.65 bits per heavy atom. The molecule has 0 atom stereocenters. The molecule has 0 aliphatic carbocycles. The van der Waals surface area contributed by atoms with Gasteiger partial charge in [0.15, 0.2) is 0 Å². The monoisotopic (exact) mass is 381 g/mol. The first-order valence-corrected chi connectivity index (χ1v) is 8.91. The highest BCUT2D eigenvalue weighted by atomic mass is 35.5. The lowest BCUT2D eigenvalue weighted by Crippen LogP contribution is -2.12. The van der Waals surface area contributed by atoms with Gasteiger partial charge in [-0.25, -0.2) is 0 Å². The summed E-state index contributed by atoms with van der Waals surface area (Å²) in [6, 6.07) is 14.7. The Bertz CT molecular complexity index is 1040. The van der Waals surface area contributed by atoms with Gasteiger partial charge in [-0.05, 0) is 29.7 Å². The number of H-pyrrole nitrogens is 1. The molecule has 26 heavy (non-hydrogen) atoms. The molecule has 0 saturated heterocycles. The maximum atomic E-state index is 12.7. The zero-order chi connectivity index (χ0) is 17.9. The maximum Gasteiger partial charge on any atom is 0.259 e. The van der Waals surface area contributed by atoms with Gasteiger partial charge in [0.05, 0.1) is 17.5 Å². The van der Waals surface area contributed by atoms with Gasteiger partial charge in [0.25, 0.3) is 5.91 Å². The van der Waals surface area contributed by atoms with Crippen molar-refractivity contribution in [1.82, 2.24) is 19.8 Å². The fourth-order valence-corrected chi connectivity index (χ4v) is 3.24. The van der Waals surface area contributed by atoms with Crippen LogP contribution in [0.1, 0.15) is 10.4 Å². The van der Waals surface area contributed by atoms with Crippen LogP contribution in [0.3, 0.4) is 0 Å². The van der Waals surface area contributed by atoms with E-state index in [4.69, 9.17) is 11.6 Å². The summed E-state index contributed by atoms with van der Waals surface area (Å²) in [4.78, 5) is 12.7. The second-order valence-electron chi connectivity index (χ2n) is 5.46. The van der Waals surface area contributed by atoms with Crippen LogP contribution >= 0.6 is 23.1 Å². The Labute approximate surface area is 158 Å². The molecule has 1 amide bonds. The fourth-order valence-electron chi connectivity index (χ4n) is 2.54. The number of carbonyl (C=O) groups excluding carboxylic acids is 1. The van der Waals surface area contributed by atoms with Gasteiger partial charge in [-0.3, -0.25) is 9.89 Å². The van der Waals surface area contributed by atoms with Gasteiger partial charge in [-0.1, -0.05) is 46.4 Å². The summed E-state index contributed by atoms with van der Waals surface area (Å²) in [6.45, 7) is 0. The molecular formula is C18H12ClN5OS. The lowest BCUT2D eigenvalue weighted by Gasteiger charge is -2.07. The van der Waals surface area contributed by atoms with Gasteiger partial charge in [0.1, 0.15) is 5.69 Å². The van der Waals surface area contributed by atoms with Crippen molar-refractivity contribution in [2.75, 3.05) is 5.32 Å². The van der Waals surface area contributed by atoms with Crippen molar-refractivity contribution in [3.05, 3.63) is 70.7 Å². The molecule has 2 N–H and O–H groups in total. The molecule has 0 spiro atoms. The van der Waals surface area contributed by atoms with Gasteiger partial charge in [0.2, 0.25) is 0 Å². The first-order valence-electron chi connectivity index (χ1n) is 7.69. The third-order valence-corrected chi connectivity index (χ3v) is 4.66. The molecule has 128 valence electrons. The smallest absolute Gasteiger partial charge is 0.259 e. The molecule has 4 rings (SSSR count). The molecule has 0 aliphatic heterocycles. The van der Waals surface area contributed by atoms with Gasteiger partial charge in [-0.2, -0.15) is 5.10 Å². The van der Waals surface area contributed by atoms with Gasteiger partial charge < -0.3 is 5.32 Å². The number of aromatic nitrogens is 4. The number of anilines is 1. The summed E-state index contributed by atoms with van der Waals surface area (Å²) < 4.78 is 3.85. The first kappa shape index (κ1) is 16.4. The number of hydrogen-bond donors (Lipinski definition) is 2. The van der Waals surface area contributed by atoms with Crippen LogP contribution in [0.15, 0.2) is 60.1 Å². The average molecular weight is 382 g/mol. The lowest BCUT2D eigenvalue weighted by molar-refractivity contribution is 0.102. The topological polar surface area (TPSA) is 83.6 Å². The second-order valence-corrected chi connectivity index (χ2v) is 6.48. The van der Waals surface area contributed by atoms with E-state index < -0.39 is 0 Å². The number of nitrogens with one attached hydrogen (secondary N) is 2. The predicted molar refractivity (Wildman–Crippen MR) is 102 cm³/mol. The maximum absolute atomic E-state index is 12.7. The largest absolute Gasteiger partial charge is 0.322 e. The highest BCUT2D eigenvalue weighted by Gasteiger charge is 2.17. The van der Waals surface area contributed by atoms with Crippen molar-refractivity contribution in [2.24, 2.45) is 0 Å². The highest BCUT2D eigenvalue weighted by molar-refractivity contribution is 7.03. The third-order valence-electron chi connectivity index (χ3n) is 3.83. The van der Waals surface area contributed by atoms with Crippen molar-refractivity contribution in [1.29, 1.82) is 0 Å². The number of aromatic amines is 1. The van der Waals surface area contributed by atoms with Crippen molar-refractivity contribution in [2.45, 2.75) is 0 Å². The van der Waals surface area contributed by atoms with E-state index in [0.29, 0.717) is 22.0 Å². The van der Waals surface area contributed by atoms with Gasteiger partial charge in [0, 0.05) is 27.2 Å². The van der Waals surface area contributed by atoms with Crippen molar-refractivity contribution < 1.29 is 4.79 Å². The molecule has 6 nitrogen and oxygen atoms in total. The molecule has 4 aromatic rings. The molecule has 0 saturated carbocycles. The van der Waals surface area contributed by atoms with E-state index in [2.05, 4.69) is 25.1 Å². The summed E-state index contributed by atoms with van der Waals surface area (Å²) in [5.74, 6) is -0.267. The van der Waals surface area contributed by atoms with Crippen LogP contribution in [0, 0.1) is 0 Å². The summed E-state index contributed by atoms with van der Waals surface area (Å²) in [6.07, 6.45) is 1.49. The summed E-state index contributed by atoms with van der Waals surface area (Å²) in [5.41, 5.74) is 4.15. The van der Waals surface area contributed by atoms with Crippen LogP contribution in [0.2, 0.25) is 5.02 Å². The van der Waals surface area contributed by atoms with Gasteiger partial charge >= 0.3 is 0 Å². The zero-order valence-electron chi connectivity index (χ0n) is 13.3. The SMILES string of the molecule is O=C(Nc1ccc(-c2csnn2)cc1)c1cn[nH]c1-c1ccccc1Cl. The lowest BCUT2D eigenvalue weighted by atomic mass is 10.1. The highest BCUT2D eigenvalue weighted by Crippen LogP contribution is 2.29. The number of amides is 1. The quantitative estimate of drug-likeness (QED) is 0.545. The van der Waals surface area contributed by atoms with E-state index in [1.807, 2.05) is 47.8 Å². The molecule has 0 unspecified atom stereocenters. The fraction of sp³-hybridized carbons (Fsp3) is 0. The molecule has 2 aromatic heterocycles. The summed E-state index contributed by atoms with van der Waals surface area (Å²) >= 11 is 7.53. The standard InChI is InChI=1S/C18H12ClN5OS/c19-15-4-2-1-3-13(15)17-14(9-20-23-17)18(25)21-12-7-5-11(6-8-12)16-10-26-24-22-16/h1-10H,(H,20,23)(H,21,25). The number of carbonyl (C=O) groups is 1. The van der Waals surface area contributed by atoms with E-state index in [1.165, 1.54) is 17.7 Å². The van der Waals surface area contributed by atoms with Crippen molar-refractivity contribution in [3.8, 4) is 22.5 Å². The average Bonchev–Trinajstić information content (AvgIpc) is 3.35. The minimum Gasteiger partial charge on any atom is -0.322 e. The second kappa shape index (κ2) is 7.07. The number of rotatable bonds is 4. The number of benzene rings is 2. The molecule has 0 radical (unpaired) electrons. The Hall–Kier alpha value is -3.03. The molecule has 0 fully saturated rings. The molecule has 0 aliphatic rings. The molecule has 2 aromatic carbocycles. The van der Waals surface area contributed by atoms with Crippen molar-refractivity contribution in [3.63, 3.8) is 0 Å². The Kier molecular flexibility index (Phi) is 4.47. The Morgan fingerprint density at radius 2 is 1.92 bits per heavy atom. The molecule has 2 heterocycles. The number of halogens is 1. The normalized spacial score (nSPS) is 10.7. The zero-order valence-corrected chi connectivity index (χ0v) is 14.9. The van der Waals surface area contributed by atoms with E-state index in [0.717, 1.165) is 16.8 Å². The van der Waals surface area contributed by atoms with E-state index in [-0.39, 0.29) is 5.91 Å². The van der Waals surface area contributed by atoms with Crippen LogP contribution < -0.4 is 5.32 Å². The van der Waals surface area contributed by atoms with Crippen LogP contribution in [-0.2, 0) is 0 Å². The first-order chi connectivity index (χ1) is 12.7. The van der Waals surface area contributed by atoms with Crippen LogP contribution in [0.4, 0.5) is 5.69 Å². The van der Waals surface area contributed by atoms with E-state index in [9.17, 15) is 4.79 Å². The van der Waals surface area contributed by atoms with E-state index >= 15 is 0 Å². The van der Waals surface area contributed by atoms with Gasteiger partial charge in [-0.15, -0.1) is 5.10 Å². The predicted octanol–water partition coefficient (Wildman–Crippen LogP) is 4.50. The van der Waals surface area contributed by atoms with Crippen LogP contribution in [0.5, 0.6) is 0 Å². The Balaban J connectivity index is 1.56. The Morgan fingerprint density at radius 1 is 1.12 bits per heavy atom. The third kappa shape index (κ3) is 3.22. The number of hydrogen-bond acceptors (Lipinski definition) is 5. The minimum absolute atomic E-state index is 0.267. The molecule has 8 heteroatoms. The minimum atomic E-state index is -0.267.